The number of fused-ring (bicyclic) bond motifs is 3. The van der Waals surface area contributed by atoms with E-state index in [1.807, 2.05) is 30.3 Å². The van der Waals surface area contributed by atoms with Crippen LogP contribution >= 0.6 is 31.9 Å². The zero-order chi connectivity index (χ0) is 44.4. The smallest absolute Gasteiger partial charge is 0.0126 e. The van der Waals surface area contributed by atoms with Gasteiger partial charge in [-0.3, -0.25) is 0 Å². The van der Waals surface area contributed by atoms with Gasteiger partial charge in [0.2, 0.25) is 0 Å². The second-order valence-electron chi connectivity index (χ2n) is 18.6. The topological polar surface area (TPSA) is 0 Å². The first kappa shape index (κ1) is 53.6. The summed E-state index contributed by atoms with van der Waals surface area (Å²) in [5.74, 6) is 0. The van der Waals surface area contributed by atoms with Crippen molar-refractivity contribution in [1.29, 1.82) is 0 Å². The van der Waals surface area contributed by atoms with Gasteiger partial charge in [0, 0.05) is 0 Å². The molecule has 0 saturated carbocycles. The molecule has 0 aliphatic heterocycles. The molecule has 0 amide bonds. The summed E-state index contributed by atoms with van der Waals surface area (Å²) < 4.78 is 3.62. The van der Waals surface area contributed by atoms with Crippen molar-refractivity contribution in [3.05, 3.63) is 205 Å². The molecule has 64 heavy (non-hydrogen) atoms. The molecule has 8 rings (SSSR count). The van der Waals surface area contributed by atoms with Gasteiger partial charge < -0.3 is 24.8 Å². The van der Waals surface area contributed by atoms with E-state index in [4.69, 9.17) is 0 Å². The minimum atomic E-state index is 0. The van der Waals surface area contributed by atoms with E-state index >= 15 is 0 Å². The van der Waals surface area contributed by atoms with Crippen molar-refractivity contribution in [1.82, 2.24) is 0 Å². The number of benzene rings is 6. The maximum atomic E-state index is 4.04. The SMILES string of the molecule is Brc1ccc([C](=[Zr+2])c2ccc(Br)cc2)cc1.CCCCc1ccccc1-c1[c-]c2c(cc1C(C)(C)C)-c1cc(C(C)(C)C)c(-c3ccccc3CCCC)cc1C2.[Cl-].[Cl-].c1cc[cH-]c1. The first-order chi connectivity index (χ1) is 29.7. The van der Waals surface area contributed by atoms with Gasteiger partial charge >= 0.3 is 128 Å². The van der Waals surface area contributed by atoms with Crippen molar-refractivity contribution in [3.8, 4) is 33.4 Å². The van der Waals surface area contributed by atoms with Crippen LogP contribution in [-0.4, -0.2) is 3.21 Å². The third-order valence-electron chi connectivity index (χ3n) is 11.7. The van der Waals surface area contributed by atoms with Gasteiger partial charge in [-0.05, 0) is 64.3 Å². The maximum absolute atomic E-state index is 4.04. The van der Waals surface area contributed by atoms with E-state index in [2.05, 4.69) is 209 Å². The van der Waals surface area contributed by atoms with Gasteiger partial charge in [0.15, 0.2) is 0 Å². The van der Waals surface area contributed by atoms with E-state index in [1.54, 1.807) is 0 Å². The molecule has 0 heterocycles. The van der Waals surface area contributed by atoms with Crippen LogP contribution in [0.1, 0.15) is 126 Å². The maximum Gasteiger partial charge on any atom is -0.0126 e. The van der Waals surface area contributed by atoms with Crippen LogP contribution in [0.25, 0.3) is 33.4 Å². The summed E-state index contributed by atoms with van der Waals surface area (Å²) in [4.78, 5) is 0. The summed E-state index contributed by atoms with van der Waals surface area (Å²) >= 11 is 8.34. The summed E-state index contributed by atoms with van der Waals surface area (Å²) in [6.45, 7) is 18.7. The van der Waals surface area contributed by atoms with Crippen molar-refractivity contribution >= 4 is 35.1 Å². The van der Waals surface area contributed by atoms with Gasteiger partial charge in [0.05, 0.1) is 0 Å². The number of aryl methyl sites for hydroxylation is 2. The summed E-state index contributed by atoms with van der Waals surface area (Å²) in [6.07, 6.45) is 8.09. The number of halogens is 4. The van der Waals surface area contributed by atoms with E-state index in [0.717, 1.165) is 28.2 Å². The van der Waals surface area contributed by atoms with Crippen LogP contribution in [0.3, 0.4) is 0 Å². The Bertz CT molecular complexity index is 2370. The predicted octanol–water partition coefficient (Wildman–Crippen LogP) is 11.4. The van der Waals surface area contributed by atoms with Crippen LogP contribution in [0.4, 0.5) is 0 Å². The molecule has 0 N–H and O–H groups in total. The fraction of sp³-hybridized carbons (Fsp3) is 0.288. The van der Waals surface area contributed by atoms with Gasteiger partial charge in [-0.2, -0.15) is 18.2 Å². The number of hydrogen-bond acceptors (Lipinski definition) is 0. The van der Waals surface area contributed by atoms with Gasteiger partial charge in [0.1, 0.15) is 0 Å². The third-order valence-corrected chi connectivity index (χ3v) is 14.2. The molecular weight excluding hydrogens is 1030 g/mol. The molecule has 0 nitrogen and oxygen atoms in total. The van der Waals surface area contributed by atoms with Crippen LogP contribution in [0, 0.1) is 6.07 Å². The Balaban J connectivity index is 0.000000321. The molecule has 0 bridgehead atoms. The minimum Gasteiger partial charge on any atom is -1.00 e. The zero-order valence-electron chi connectivity index (χ0n) is 38.8. The number of rotatable bonds is 10. The van der Waals surface area contributed by atoms with E-state index < -0.39 is 0 Å². The van der Waals surface area contributed by atoms with E-state index in [1.165, 1.54) is 131 Å². The molecule has 0 atom stereocenters. The Kier molecular flexibility index (Phi) is 20.6. The molecule has 1 aliphatic rings. The number of unbranched alkanes of at least 4 members (excludes halogenated alkanes) is 2. The minimum absolute atomic E-state index is 0. The molecule has 5 heteroatoms. The average Bonchev–Trinajstić information content (AvgIpc) is 3.96. The third kappa shape index (κ3) is 13.8. The Hall–Kier alpha value is -3.04. The summed E-state index contributed by atoms with van der Waals surface area (Å²) in [5, 5.41) is 0. The summed E-state index contributed by atoms with van der Waals surface area (Å²) in [7, 11) is 0. The van der Waals surface area contributed by atoms with Gasteiger partial charge in [-0.1, -0.05) is 158 Å². The molecule has 0 aromatic heterocycles. The first-order valence-corrected chi connectivity index (χ1v) is 25.2. The van der Waals surface area contributed by atoms with Gasteiger partial charge in [-0.25, -0.2) is 12.1 Å². The molecule has 7 aromatic carbocycles. The van der Waals surface area contributed by atoms with Crippen molar-refractivity contribution in [3.63, 3.8) is 0 Å². The fourth-order valence-electron chi connectivity index (χ4n) is 8.29. The van der Waals surface area contributed by atoms with E-state index in [-0.39, 0.29) is 35.6 Å². The molecular formula is C59H62Br2Cl2Zr-2. The molecule has 0 radical (unpaired) electrons. The monoisotopic (exact) mass is 1090 g/mol. The molecule has 0 fully saturated rings. The van der Waals surface area contributed by atoms with Crippen LogP contribution < -0.4 is 24.8 Å². The van der Waals surface area contributed by atoms with Crippen LogP contribution in [0.5, 0.6) is 0 Å². The Morgan fingerprint density at radius 3 is 1.50 bits per heavy atom. The van der Waals surface area contributed by atoms with Crippen molar-refractivity contribution in [2.24, 2.45) is 0 Å². The van der Waals surface area contributed by atoms with Gasteiger partial charge in [-0.15, -0.1) is 28.8 Å². The summed E-state index contributed by atoms with van der Waals surface area (Å²) in [6, 6.07) is 56.7. The fourth-order valence-corrected chi connectivity index (χ4v) is 9.63. The Morgan fingerprint density at radius 2 is 1.03 bits per heavy atom. The van der Waals surface area contributed by atoms with Gasteiger partial charge in [0.25, 0.3) is 0 Å². The molecule has 332 valence electrons. The summed E-state index contributed by atoms with van der Waals surface area (Å²) in [5.41, 5.74) is 19.5. The molecule has 0 saturated heterocycles. The van der Waals surface area contributed by atoms with E-state index in [9.17, 15) is 0 Å². The molecule has 0 unspecified atom stereocenters. The Morgan fingerprint density at radius 1 is 0.562 bits per heavy atom. The molecule has 7 aromatic rings. The largest absolute Gasteiger partial charge is 1.00 e. The van der Waals surface area contributed by atoms with Crippen LogP contribution in [0.2, 0.25) is 0 Å². The zero-order valence-corrected chi connectivity index (χ0v) is 46.0. The quantitative estimate of drug-likeness (QED) is 0.120. The van der Waals surface area contributed by atoms with Crippen LogP contribution in [-0.2, 0) is 54.3 Å². The molecule has 0 spiro atoms. The first-order valence-electron chi connectivity index (χ1n) is 22.4. The predicted molar refractivity (Wildman–Crippen MR) is 273 cm³/mol. The van der Waals surface area contributed by atoms with Crippen molar-refractivity contribution < 1.29 is 49.0 Å². The second-order valence-corrected chi connectivity index (χ2v) is 21.6. The average molecular weight is 1090 g/mol. The van der Waals surface area contributed by atoms with E-state index in [0.29, 0.717) is 0 Å². The molecule has 1 aliphatic carbocycles. The van der Waals surface area contributed by atoms with Crippen molar-refractivity contribution in [2.75, 3.05) is 0 Å². The second kappa shape index (κ2) is 24.7. The van der Waals surface area contributed by atoms with Crippen LogP contribution in [0.15, 0.2) is 155 Å². The number of hydrogen-bond donors (Lipinski definition) is 0. The standard InChI is InChI=1S/C41H49.C13H8Br2.C5H5.2ClH.Zr/c1-9-11-17-28-19-13-15-21-32(28)36-24-30-23-31-25-37(33-22-16-14-20-29(33)18-12-10-2)39(41(6,7)8)27-35(31)34(30)26-38(36)40(3,4)5;14-12-5-1-10(2-6-12)9-11-3-7-13(15)8-4-11;1-2-4-5-3-1;;;/h13-16,19-22,24,26-27H,9-12,17-18,23H2,1-8H3;1-8H;1-5H;2*1H;/q-1;;-1;;;+2/p-2. The van der Waals surface area contributed by atoms with Crippen molar-refractivity contribution in [2.45, 2.75) is 111 Å². The Labute approximate surface area is 429 Å². The normalized spacial score (nSPS) is 11.4.